The average Bonchev–Trinajstić information content (AvgIpc) is 3.60. The van der Waals surface area contributed by atoms with Crippen LogP contribution >= 0.6 is 11.6 Å². The summed E-state index contributed by atoms with van der Waals surface area (Å²) in [7, 11) is 0. The van der Waals surface area contributed by atoms with Gasteiger partial charge in [0.05, 0.1) is 25.5 Å². The van der Waals surface area contributed by atoms with Crippen molar-refractivity contribution in [1.29, 1.82) is 0 Å². The molecular weight excluding hydrogens is 482 g/mol. The Morgan fingerprint density at radius 1 is 1.22 bits per heavy atom. The molecule has 1 amide bonds. The van der Waals surface area contributed by atoms with E-state index >= 15 is 0 Å². The highest BCUT2D eigenvalue weighted by Crippen LogP contribution is 2.46. The van der Waals surface area contributed by atoms with E-state index in [9.17, 15) is 9.90 Å². The van der Waals surface area contributed by atoms with E-state index in [0.717, 1.165) is 5.56 Å². The Balaban J connectivity index is 1.66. The van der Waals surface area contributed by atoms with Crippen LogP contribution in [0.4, 0.5) is 0 Å². The molecule has 2 aromatic heterocycles. The van der Waals surface area contributed by atoms with Crippen molar-refractivity contribution in [2.24, 2.45) is 0 Å². The van der Waals surface area contributed by atoms with E-state index in [0.29, 0.717) is 58.0 Å². The lowest BCUT2D eigenvalue weighted by Crippen LogP contribution is -2.29. The van der Waals surface area contributed by atoms with Crippen LogP contribution in [-0.2, 0) is 6.54 Å². The summed E-state index contributed by atoms with van der Waals surface area (Å²) < 4.78 is 17.2. The quantitative estimate of drug-likeness (QED) is 0.281. The number of carbonyl (C=O) groups excluding carboxylic acids is 1. The number of furan rings is 1. The Hall–Kier alpha value is -4.17. The molecule has 0 fully saturated rings. The molecule has 36 heavy (non-hydrogen) atoms. The molecule has 1 atom stereocenters. The topological polar surface area (TPSA) is 101 Å². The Morgan fingerprint density at radius 2 is 2.08 bits per heavy atom. The standard InChI is InChI=1S/C27H24ClN3O5/c1-3-11-36-21-10-7-16(13-22(21)34-4-2)26-23-24(19-14-17(28)8-9-20(19)32)29-30-25(23)27(33)31(26)15-18-6-5-12-35-18/h3,5-10,12-14,26,32H,1,4,11,15H2,2H3,(H,29,30). The minimum absolute atomic E-state index is 0.00700. The summed E-state index contributed by atoms with van der Waals surface area (Å²) in [5.74, 6) is 1.52. The van der Waals surface area contributed by atoms with Gasteiger partial charge in [0.15, 0.2) is 11.5 Å². The van der Waals surface area contributed by atoms with Gasteiger partial charge < -0.3 is 23.9 Å². The number of fused-ring (bicyclic) bond motifs is 1. The molecule has 4 aromatic rings. The number of carbonyl (C=O) groups is 1. The molecule has 1 aliphatic rings. The summed E-state index contributed by atoms with van der Waals surface area (Å²) in [5.41, 5.74) is 2.62. The molecule has 0 bridgehead atoms. The summed E-state index contributed by atoms with van der Waals surface area (Å²) in [4.78, 5) is 15.3. The number of halogens is 1. The summed E-state index contributed by atoms with van der Waals surface area (Å²) in [5, 5.41) is 18.3. The van der Waals surface area contributed by atoms with Crippen molar-refractivity contribution < 1.29 is 23.8 Å². The molecule has 2 N–H and O–H groups in total. The van der Waals surface area contributed by atoms with Gasteiger partial charge in [0.1, 0.15) is 29.5 Å². The summed E-state index contributed by atoms with van der Waals surface area (Å²) in [6.45, 7) is 6.59. The molecule has 0 saturated heterocycles. The molecule has 1 aliphatic heterocycles. The highest BCUT2D eigenvalue weighted by atomic mass is 35.5. The predicted molar refractivity (Wildman–Crippen MR) is 134 cm³/mol. The van der Waals surface area contributed by atoms with Crippen LogP contribution in [0.1, 0.15) is 40.3 Å². The lowest BCUT2D eigenvalue weighted by molar-refractivity contribution is 0.0716. The van der Waals surface area contributed by atoms with Crippen LogP contribution in [0.15, 0.2) is 71.9 Å². The molecule has 0 radical (unpaired) electrons. The van der Waals surface area contributed by atoms with Crippen molar-refractivity contribution in [2.45, 2.75) is 19.5 Å². The van der Waals surface area contributed by atoms with Crippen molar-refractivity contribution in [3.8, 4) is 28.5 Å². The molecule has 8 nitrogen and oxygen atoms in total. The number of H-pyrrole nitrogens is 1. The number of nitrogens with one attached hydrogen (secondary N) is 1. The van der Waals surface area contributed by atoms with Crippen LogP contribution in [0, 0.1) is 0 Å². The zero-order valence-corrected chi connectivity index (χ0v) is 20.3. The number of ether oxygens (including phenoxy) is 2. The van der Waals surface area contributed by atoms with E-state index in [1.807, 2.05) is 31.2 Å². The van der Waals surface area contributed by atoms with Crippen molar-refractivity contribution in [1.82, 2.24) is 15.1 Å². The van der Waals surface area contributed by atoms with Gasteiger partial charge in [-0.15, -0.1) is 0 Å². The zero-order chi connectivity index (χ0) is 25.2. The normalized spacial score (nSPS) is 14.7. The van der Waals surface area contributed by atoms with Crippen molar-refractivity contribution >= 4 is 17.5 Å². The SMILES string of the molecule is C=CCOc1ccc(C2c3c(-c4cc(Cl)ccc4O)n[nH]c3C(=O)N2Cc2ccco2)cc1OCC. The number of phenolic OH excluding ortho intramolecular Hbond substituents is 1. The predicted octanol–water partition coefficient (Wildman–Crippen LogP) is 5.74. The zero-order valence-electron chi connectivity index (χ0n) is 19.5. The Morgan fingerprint density at radius 3 is 2.83 bits per heavy atom. The number of aromatic amines is 1. The van der Waals surface area contributed by atoms with E-state index in [2.05, 4.69) is 16.8 Å². The first-order valence-corrected chi connectivity index (χ1v) is 11.8. The van der Waals surface area contributed by atoms with Crippen molar-refractivity contribution in [3.05, 3.63) is 95.1 Å². The number of aromatic nitrogens is 2. The molecule has 0 aliphatic carbocycles. The maximum atomic E-state index is 13.6. The lowest BCUT2D eigenvalue weighted by Gasteiger charge is -2.26. The smallest absolute Gasteiger partial charge is 0.273 e. The number of rotatable bonds is 9. The van der Waals surface area contributed by atoms with Gasteiger partial charge in [-0.1, -0.05) is 30.3 Å². The first kappa shape index (κ1) is 23.6. The molecule has 184 valence electrons. The van der Waals surface area contributed by atoms with E-state index < -0.39 is 6.04 Å². The molecule has 2 aromatic carbocycles. The number of aromatic hydroxyl groups is 1. The van der Waals surface area contributed by atoms with E-state index in [-0.39, 0.29) is 18.2 Å². The molecule has 1 unspecified atom stereocenters. The Labute approximate surface area is 212 Å². The van der Waals surface area contributed by atoms with Crippen LogP contribution in [-0.4, -0.2) is 39.3 Å². The summed E-state index contributed by atoms with van der Waals surface area (Å²) in [6, 6.07) is 13.3. The largest absolute Gasteiger partial charge is 0.507 e. The van der Waals surface area contributed by atoms with E-state index in [1.54, 1.807) is 35.4 Å². The molecule has 3 heterocycles. The van der Waals surface area contributed by atoms with Crippen LogP contribution in [0.2, 0.25) is 5.02 Å². The second-order valence-electron chi connectivity index (χ2n) is 8.18. The van der Waals surface area contributed by atoms with Crippen LogP contribution < -0.4 is 9.47 Å². The van der Waals surface area contributed by atoms with Crippen LogP contribution in [0.5, 0.6) is 17.2 Å². The maximum absolute atomic E-state index is 13.6. The second kappa shape index (κ2) is 9.83. The number of hydrogen-bond donors (Lipinski definition) is 2. The highest BCUT2D eigenvalue weighted by Gasteiger charge is 2.43. The summed E-state index contributed by atoms with van der Waals surface area (Å²) in [6.07, 6.45) is 3.23. The molecular formula is C27H24ClN3O5. The Bertz CT molecular complexity index is 1410. The fourth-order valence-electron chi connectivity index (χ4n) is 4.41. The molecule has 5 rings (SSSR count). The maximum Gasteiger partial charge on any atom is 0.273 e. The van der Waals surface area contributed by atoms with Gasteiger partial charge in [-0.2, -0.15) is 5.10 Å². The first-order chi connectivity index (χ1) is 17.5. The van der Waals surface area contributed by atoms with Gasteiger partial charge in [-0.3, -0.25) is 9.89 Å². The van der Waals surface area contributed by atoms with E-state index in [4.69, 9.17) is 25.5 Å². The lowest BCUT2D eigenvalue weighted by atomic mass is 9.95. The fourth-order valence-corrected chi connectivity index (χ4v) is 4.58. The van der Waals surface area contributed by atoms with Crippen LogP contribution in [0.25, 0.3) is 11.3 Å². The first-order valence-electron chi connectivity index (χ1n) is 11.4. The van der Waals surface area contributed by atoms with Crippen molar-refractivity contribution in [3.63, 3.8) is 0 Å². The second-order valence-corrected chi connectivity index (χ2v) is 8.61. The van der Waals surface area contributed by atoms with Gasteiger partial charge in [0.25, 0.3) is 5.91 Å². The third-order valence-corrected chi connectivity index (χ3v) is 6.16. The van der Waals surface area contributed by atoms with Gasteiger partial charge >= 0.3 is 0 Å². The third kappa shape index (κ3) is 4.20. The van der Waals surface area contributed by atoms with E-state index in [1.165, 1.54) is 6.07 Å². The third-order valence-electron chi connectivity index (χ3n) is 5.92. The van der Waals surface area contributed by atoms with Crippen molar-refractivity contribution in [2.75, 3.05) is 13.2 Å². The minimum Gasteiger partial charge on any atom is -0.507 e. The fraction of sp³-hybridized carbons (Fsp3) is 0.185. The molecule has 0 saturated carbocycles. The number of hydrogen-bond acceptors (Lipinski definition) is 6. The average molecular weight is 506 g/mol. The van der Waals surface area contributed by atoms with Gasteiger partial charge in [0.2, 0.25) is 0 Å². The number of benzene rings is 2. The number of amides is 1. The van der Waals surface area contributed by atoms with Gasteiger partial charge in [0, 0.05) is 16.1 Å². The highest BCUT2D eigenvalue weighted by molar-refractivity contribution is 6.31. The number of nitrogens with zero attached hydrogens (tertiary/aromatic N) is 2. The van der Waals surface area contributed by atoms with Gasteiger partial charge in [-0.25, -0.2) is 0 Å². The Kier molecular flexibility index (Phi) is 6.43. The number of phenols is 1. The molecule has 0 spiro atoms. The van der Waals surface area contributed by atoms with Gasteiger partial charge in [-0.05, 0) is 55.0 Å². The minimum atomic E-state index is -0.544. The molecule has 9 heteroatoms. The monoisotopic (exact) mass is 505 g/mol. The van der Waals surface area contributed by atoms with Crippen LogP contribution in [0.3, 0.4) is 0 Å². The summed E-state index contributed by atoms with van der Waals surface area (Å²) >= 11 is 6.23.